The quantitative estimate of drug-likeness (QED) is 0.826. The van der Waals surface area contributed by atoms with Crippen molar-refractivity contribution >= 4 is 40.6 Å². The van der Waals surface area contributed by atoms with Crippen LogP contribution in [0.4, 0.5) is 11.4 Å². The van der Waals surface area contributed by atoms with Crippen LogP contribution in [0.25, 0.3) is 0 Å². The number of anilines is 2. The first-order valence-electron chi connectivity index (χ1n) is 7.73. The number of amides is 2. The molecule has 0 aliphatic rings. The Labute approximate surface area is 151 Å². The average Bonchev–Trinajstić information content (AvgIpc) is 2.56. The number of hydrogen-bond acceptors (Lipinski definition) is 3. The normalized spacial score (nSPS) is 10.2. The van der Waals surface area contributed by atoms with Crippen LogP contribution in [0.2, 0.25) is 5.02 Å². The number of Topliss-reactive ketones (excluding diaryl/α,β-unsaturated/α-hetero) is 1. The molecular weight excluding hydrogens is 340 g/mol. The second-order valence-corrected chi connectivity index (χ2v) is 6.08. The maximum Gasteiger partial charge on any atom is 0.244 e. The number of hydrogen-bond donors (Lipinski definition) is 1. The fourth-order valence-electron chi connectivity index (χ4n) is 2.39. The molecule has 1 N–H and O–H groups in total. The summed E-state index contributed by atoms with van der Waals surface area (Å²) >= 11 is 6.10. The van der Waals surface area contributed by atoms with Gasteiger partial charge in [0.15, 0.2) is 5.78 Å². The third-order valence-electron chi connectivity index (χ3n) is 3.79. The van der Waals surface area contributed by atoms with E-state index in [0.29, 0.717) is 22.0 Å². The average molecular weight is 359 g/mol. The van der Waals surface area contributed by atoms with Gasteiger partial charge in [-0.05, 0) is 55.8 Å². The first-order valence-corrected chi connectivity index (χ1v) is 8.11. The lowest BCUT2D eigenvalue weighted by Crippen LogP contribution is -2.37. The first kappa shape index (κ1) is 18.7. The number of ketones is 1. The van der Waals surface area contributed by atoms with Gasteiger partial charge in [0.1, 0.15) is 6.54 Å². The minimum atomic E-state index is -0.342. The number of benzene rings is 2. The van der Waals surface area contributed by atoms with Crippen LogP contribution in [-0.4, -0.2) is 24.1 Å². The molecule has 2 aromatic rings. The summed E-state index contributed by atoms with van der Waals surface area (Å²) in [5, 5.41) is 3.25. The predicted molar refractivity (Wildman–Crippen MR) is 99.3 cm³/mol. The van der Waals surface area contributed by atoms with Gasteiger partial charge in [0.25, 0.3) is 0 Å². The molecule has 25 heavy (non-hydrogen) atoms. The van der Waals surface area contributed by atoms with Crippen LogP contribution in [0.3, 0.4) is 0 Å². The van der Waals surface area contributed by atoms with Crippen molar-refractivity contribution in [2.45, 2.75) is 20.8 Å². The lowest BCUT2D eigenvalue weighted by Gasteiger charge is -2.23. The first-order chi connectivity index (χ1) is 11.8. The van der Waals surface area contributed by atoms with Crippen LogP contribution in [0.5, 0.6) is 0 Å². The summed E-state index contributed by atoms with van der Waals surface area (Å²) in [6, 6.07) is 11.8. The highest BCUT2D eigenvalue weighted by Gasteiger charge is 2.18. The molecule has 0 saturated heterocycles. The maximum atomic E-state index is 12.3. The fraction of sp³-hybridized carbons (Fsp3) is 0.211. The van der Waals surface area contributed by atoms with Crippen molar-refractivity contribution < 1.29 is 14.4 Å². The van der Waals surface area contributed by atoms with E-state index >= 15 is 0 Å². The molecule has 0 spiro atoms. The van der Waals surface area contributed by atoms with Crippen molar-refractivity contribution in [3.05, 3.63) is 58.6 Å². The number of nitrogens with one attached hydrogen (secondary N) is 1. The van der Waals surface area contributed by atoms with Crippen molar-refractivity contribution in [1.82, 2.24) is 0 Å². The van der Waals surface area contributed by atoms with Crippen LogP contribution in [-0.2, 0) is 9.59 Å². The summed E-state index contributed by atoms with van der Waals surface area (Å²) in [7, 11) is 0. The lowest BCUT2D eigenvalue weighted by molar-refractivity contribution is -0.120. The van der Waals surface area contributed by atoms with Crippen molar-refractivity contribution in [2.75, 3.05) is 16.8 Å². The van der Waals surface area contributed by atoms with E-state index in [1.54, 1.807) is 49.4 Å². The van der Waals surface area contributed by atoms with E-state index in [-0.39, 0.29) is 24.1 Å². The summed E-state index contributed by atoms with van der Waals surface area (Å²) < 4.78 is 0. The second-order valence-electron chi connectivity index (χ2n) is 5.67. The molecule has 0 bridgehead atoms. The van der Waals surface area contributed by atoms with E-state index in [1.807, 2.05) is 0 Å². The molecule has 0 aliphatic heterocycles. The highest BCUT2D eigenvalue weighted by Crippen LogP contribution is 2.26. The molecule has 0 heterocycles. The molecule has 2 rings (SSSR count). The van der Waals surface area contributed by atoms with Gasteiger partial charge >= 0.3 is 0 Å². The molecule has 0 saturated carbocycles. The smallest absolute Gasteiger partial charge is 0.244 e. The lowest BCUT2D eigenvalue weighted by atomic mass is 10.1. The van der Waals surface area contributed by atoms with Gasteiger partial charge in [0.2, 0.25) is 11.8 Å². The summed E-state index contributed by atoms with van der Waals surface area (Å²) in [6.07, 6.45) is 0. The standard InChI is InChI=1S/C19H19ClN2O3/c1-12-17(20)5-4-6-18(12)22(14(3)24)11-19(25)21-16-9-7-15(8-10-16)13(2)23/h4-10H,11H2,1-3H3,(H,21,25). The molecule has 2 amide bonds. The summed E-state index contributed by atoms with van der Waals surface area (Å²) in [4.78, 5) is 36.9. The number of carbonyl (C=O) groups excluding carboxylic acids is 3. The van der Waals surface area contributed by atoms with Crippen LogP contribution in [0.15, 0.2) is 42.5 Å². The van der Waals surface area contributed by atoms with Gasteiger partial charge in [-0.1, -0.05) is 17.7 Å². The summed E-state index contributed by atoms with van der Waals surface area (Å²) in [6.45, 7) is 4.54. The molecule has 0 fully saturated rings. The minimum absolute atomic E-state index is 0.0444. The summed E-state index contributed by atoms with van der Waals surface area (Å²) in [5.74, 6) is -0.644. The van der Waals surface area contributed by atoms with Gasteiger partial charge in [-0.15, -0.1) is 0 Å². The van der Waals surface area contributed by atoms with Gasteiger partial charge < -0.3 is 10.2 Å². The highest BCUT2D eigenvalue weighted by molar-refractivity contribution is 6.31. The molecule has 5 nitrogen and oxygen atoms in total. The van der Waals surface area contributed by atoms with Crippen LogP contribution >= 0.6 is 11.6 Å². The van der Waals surface area contributed by atoms with E-state index in [2.05, 4.69) is 5.32 Å². The van der Waals surface area contributed by atoms with Gasteiger partial charge in [-0.3, -0.25) is 14.4 Å². The number of rotatable bonds is 5. The molecule has 6 heteroatoms. The summed E-state index contributed by atoms with van der Waals surface area (Å²) in [5.41, 5.74) is 2.46. The molecule has 2 aromatic carbocycles. The van der Waals surface area contributed by atoms with Crippen LogP contribution in [0, 0.1) is 6.92 Å². The zero-order chi connectivity index (χ0) is 18.6. The van der Waals surface area contributed by atoms with E-state index in [4.69, 9.17) is 11.6 Å². The van der Waals surface area contributed by atoms with E-state index < -0.39 is 0 Å². The topological polar surface area (TPSA) is 66.5 Å². The predicted octanol–water partition coefficient (Wildman–Crippen LogP) is 3.84. The minimum Gasteiger partial charge on any atom is -0.325 e. The number of carbonyl (C=O) groups is 3. The Morgan fingerprint density at radius 3 is 2.24 bits per heavy atom. The molecule has 0 radical (unpaired) electrons. The highest BCUT2D eigenvalue weighted by atomic mass is 35.5. The SMILES string of the molecule is CC(=O)c1ccc(NC(=O)CN(C(C)=O)c2cccc(Cl)c2C)cc1. The molecule has 0 aromatic heterocycles. The zero-order valence-corrected chi connectivity index (χ0v) is 15.1. The van der Waals surface area contributed by atoms with Crippen LogP contribution in [0.1, 0.15) is 29.8 Å². The van der Waals surface area contributed by atoms with E-state index in [0.717, 1.165) is 5.56 Å². The third-order valence-corrected chi connectivity index (χ3v) is 4.20. The number of halogens is 1. The Balaban J connectivity index is 2.14. The van der Waals surface area contributed by atoms with Gasteiger partial charge in [0.05, 0.1) is 0 Å². The molecule has 0 aliphatic carbocycles. The molecule has 0 atom stereocenters. The van der Waals surface area contributed by atoms with Crippen molar-refractivity contribution in [3.63, 3.8) is 0 Å². The molecular formula is C19H19ClN2O3. The van der Waals surface area contributed by atoms with Crippen molar-refractivity contribution in [2.24, 2.45) is 0 Å². The van der Waals surface area contributed by atoms with Crippen molar-refractivity contribution in [1.29, 1.82) is 0 Å². The van der Waals surface area contributed by atoms with Gasteiger partial charge in [0, 0.05) is 28.9 Å². The van der Waals surface area contributed by atoms with Crippen molar-refractivity contribution in [3.8, 4) is 0 Å². The molecule has 130 valence electrons. The Morgan fingerprint density at radius 1 is 1.04 bits per heavy atom. The fourth-order valence-corrected chi connectivity index (χ4v) is 2.56. The van der Waals surface area contributed by atoms with Crippen LogP contribution < -0.4 is 10.2 Å². The Morgan fingerprint density at radius 2 is 1.68 bits per heavy atom. The Bertz CT molecular complexity index is 816. The monoisotopic (exact) mass is 358 g/mol. The van der Waals surface area contributed by atoms with E-state index in [1.165, 1.54) is 18.7 Å². The van der Waals surface area contributed by atoms with Gasteiger partial charge in [-0.2, -0.15) is 0 Å². The second kappa shape index (κ2) is 7.94. The van der Waals surface area contributed by atoms with E-state index in [9.17, 15) is 14.4 Å². The zero-order valence-electron chi connectivity index (χ0n) is 14.3. The molecule has 0 unspecified atom stereocenters. The number of nitrogens with zero attached hydrogens (tertiary/aromatic N) is 1. The Hall–Kier alpha value is -2.66. The van der Waals surface area contributed by atoms with Gasteiger partial charge in [-0.25, -0.2) is 0 Å². The third kappa shape index (κ3) is 4.67. The largest absolute Gasteiger partial charge is 0.325 e. The maximum absolute atomic E-state index is 12.3. The Kier molecular flexibility index (Phi) is 5.93.